The zero-order chi connectivity index (χ0) is 16.9. The standard InChI is InChI=1S/C17H16ClN3O3/c18-13-5-1-11(2-6-13)9-19-16(22)21-14-7-3-12(4-8-14)15-10-20-17(23)24-15/h1-8,15H,9-10H2,(H,20,23)(H2,19,21,22)/t15-/m0/s1. The van der Waals surface area contributed by atoms with Crippen LogP contribution in [0.5, 0.6) is 0 Å². The van der Waals surface area contributed by atoms with Gasteiger partial charge in [-0.25, -0.2) is 9.59 Å². The molecular weight excluding hydrogens is 330 g/mol. The quantitative estimate of drug-likeness (QED) is 0.794. The summed E-state index contributed by atoms with van der Waals surface area (Å²) in [6, 6.07) is 14.1. The monoisotopic (exact) mass is 345 g/mol. The van der Waals surface area contributed by atoms with Crippen molar-refractivity contribution in [3.8, 4) is 0 Å². The Morgan fingerprint density at radius 1 is 1.17 bits per heavy atom. The molecule has 0 saturated carbocycles. The van der Waals surface area contributed by atoms with Crippen LogP contribution in [0.15, 0.2) is 48.5 Å². The van der Waals surface area contributed by atoms with Crippen molar-refractivity contribution in [1.82, 2.24) is 10.6 Å². The number of nitrogens with one attached hydrogen (secondary N) is 3. The molecule has 0 unspecified atom stereocenters. The number of alkyl carbamates (subject to hydrolysis) is 1. The number of hydrogen-bond donors (Lipinski definition) is 3. The van der Waals surface area contributed by atoms with Crippen molar-refractivity contribution in [3.05, 3.63) is 64.7 Å². The van der Waals surface area contributed by atoms with Crippen LogP contribution in [-0.2, 0) is 11.3 Å². The molecule has 1 aliphatic heterocycles. The average Bonchev–Trinajstić information content (AvgIpc) is 3.01. The third-order valence-electron chi connectivity index (χ3n) is 3.59. The fourth-order valence-corrected chi connectivity index (χ4v) is 2.44. The van der Waals surface area contributed by atoms with Gasteiger partial charge in [0.05, 0.1) is 6.54 Å². The predicted molar refractivity (Wildman–Crippen MR) is 91.0 cm³/mol. The van der Waals surface area contributed by atoms with Gasteiger partial charge in [-0.2, -0.15) is 0 Å². The highest BCUT2D eigenvalue weighted by Crippen LogP contribution is 2.22. The molecule has 3 amide bonds. The summed E-state index contributed by atoms with van der Waals surface area (Å²) in [6.07, 6.45) is -0.700. The van der Waals surface area contributed by atoms with E-state index in [1.165, 1.54) is 0 Å². The predicted octanol–water partition coefficient (Wildman–Crippen LogP) is 3.44. The third kappa shape index (κ3) is 4.17. The van der Waals surface area contributed by atoms with Gasteiger partial charge in [0.2, 0.25) is 0 Å². The SMILES string of the molecule is O=C(NCc1ccc(Cl)cc1)Nc1ccc([C@@H]2CNC(=O)O2)cc1. The van der Waals surface area contributed by atoms with E-state index in [1.54, 1.807) is 24.3 Å². The molecule has 24 heavy (non-hydrogen) atoms. The van der Waals surface area contributed by atoms with E-state index in [9.17, 15) is 9.59 Å². The van der Waals surface area contributed by atoms with Gasteiger partial charge in [0.25, 0.3) is 0 Å². The first-order chi connectivity index (χ1) is 11.6. The van der Waals surface area contributed by atoms with Crippen molar-refractivity contribution < 1.29 is 14.3 Å². The van der Waals surface area contributed by atoms with E-state index in [0.29, 0.717) is 23.8 Å². The summed E-state index contributed by atoms with van der Waals surface area (Å²) >= 11 is 5.82. The number of cyclic esters (lactones) is 1. The highest BCUT2D eigenvalue weighted by atomic mass is 35.5. The third-order valence-corrected chi connectivity index (χ3v) is 3.84. The Bertz CT molecular complexity index is 732. The first kappa shape index (κ1) is 16.1. The molecule has 1 atom stereocenters. The molecule has 0 spiro atoms. The molecule has 3 N–H and O–H groups in total. The molecule has 7 heteroatoms. The van der Waals surface area contributed by atoms with Crippen LogP contribution in [0.2, 0.25) is 5.02 Å². The van der Waals surface area contributed by atoms with Crippen molar-refractivity contribution in [2.24, 2.45) is 0 Å². The second-order valence-electron chi connectivity index (χ2n) is 5.33. The van der Waals surface area contributed by atoms with Crippen molar-refractivity contribution >= 4 is 29.4 Å². The van der Waals surface area contributed by atoms with Gasteiger partial charge in [0, 0.05) is 17.3 Å². The lowest BCUT2D eigenvalue weighted by molar-refractivity contribution is 0.141. The molecule has 1 heterocycles. The molecule has 1 saturated heterocycles. The van der Waals surface area contributed by atoms with Gasteiger partial charge >= 0.3 is 12.1 Å². The van der Waals surface area contributed by atoms with Crippen LogP contribution in [0.3, 0.4) is 0 Å². The Morgan fingerprint density at radius 2 is 1.88 bits per heavy atom. The second kappa shape index (κ2) is 7.23. The maximum absolute atomic E-state index is 11.9. The van der Waals surface area contributed by atoms with Crippen molar-refractivity contribution in [2.45, 2.75) is 12.6 Å². The van der Waals surface area contributed by atoms with Crippen LogP contribution < -0.4 is 16.0 Å². The van der Waals surface area contributed by atoms with E-state index < -0.39 is 6.09 Å². The number of hydrogen-bond acceptors (Lipinski definition) is 3. The average molecular weight is 346 g/mol. The topological polar surface area (TPSA) is 79.5 Å². The Labute approximate surface area is 144 Å². The van der Waals surface area contributed by atoms with Crippen molar-refractivity contribution in [1.29, 1.82) is 0 Å². The fourth-order valence-electron chi connectivity index (χ4n) is 2.32. The first-order valence-electron chi connectivity index (χ1n) is 7.44. The minimum atomic E-state index is -0.413. The summed E-state index contributed by atoms with van der Waals surface area (Å²) < 4.78 is 5.11. The zero-order valence-corrected chi connectivity index (χ0v) is 13.5. The normalized spacial score (nSPS) is 16.2. The minimum Gasteiger partial charge on any atom is -0.439 e. The molecule has 1 fully saturated rings. The summed E-state index contributed by atoms with van der Waals surface area (Å²) in [5.41, 5.74) is 2.49. The molecule has 1 aliphatic rings. The van der Waals surface area contributed by atoms with E-state index in [2.05, 4.69) is 16.0 Å². The first-order valence-corrected chi connectivity index (χ1v) is 7.82. The van der Waals surface area contributed by atoms with E-state index in [1.807, 2.05) is 24.3 Å². The molecule has 3 rings (SSSR count). The van der Waals surface area contributed by atoms with Crippen LogP contribution in [0.25, 0.3) is 0 Å². The summed E-state index contributed by atoms with van der Waals surface area (Å²) in [7, 11) is 0. The number of ether oxygens (including phenoxy) is 1. The van der Waals surface area contributed by atoms with Gasteiger partial charge in [-0.05, 0) is 35.4 Å². The number of urea groups is 1. The minimum absolute atomic E-state index is 0.287. The largest absolute Gasteiger partial charge is 0.439 e. The van der Waals surface area contributed by atoms with Crippen LogP contribution in [0, 0.1) is 0 Å². The van der Waals surface area contributed by atoms with E-state index >= 15 is 0 Å². The Balaban J connectivity index is 1.51. The van der Waals surface area contributed by atoms with Gasteiger partial charge in [-0.3, -0.25) is 0 Å². The van der Waals surface area contributed by atoms with E-state index in [0.717, 1.165) is 11.1 Å². The number of anilines is 1. The molecule has 2 aromatic rings. The van der Waals surface area contributed by atoms with Gasteiger partial charge < -0.3 is 20.7 Å². The van der Waals surface area contributed by atoms with Crippen molar-refractivity contribution in [2.75, 3.05) is 11.9 Å². The van der Waals surface area contributed by atoms with Gasteiger partial charge in [-0.1, -0.05) is 35.9 Å². The second-order valence-corrected chi connectivity index (χ2v) is 5.77. The Morgan fingerprint density at radius 3 is 2.50 bits per heavy atom. The molecule has 6 nitrogen and oxygen atoms in total. The number of carbonyl (C=O) groups excluding carboxylic acids is 2. The lowest BCUT2D eigenvalue weighted by Crippen LogP contribution is -2.28. The fraction of sp³-hybridized carbons (Fsp3) is 0.176. The number of carbonyl (C=O) groups is 2. The van der Waals surface area contributed by atoms with Crippen LogP contribution >= 0.6 is 11.6 Å². The lowest BCUT2D eigenvalue weighted by atomic mass is 10.1. The number of halogens is 1. The maximum atomic E-state index is 11.9. The molecule has 124 valence electrons. The molecule has 0 bridgehead atoms. The Kier molecular flexibility index (Phi) is 4.86. The zero-order valence-electron chi connectivity index (χ0n) is 12.7. The van der Waals surface area contributed by atoms with Crippen LogP contribution in [0.1, 0.15) is 17.2 Å². The highest BCUT2D eigenvalue weighted by Gasteiger charge is 2.23. The lowest BCUT2D eigenvalue weighted by Gasteiger charge is -2.10. The van der Waals surface area contributed by atoms with Gasteiger partial charge in [-0.15, -0.1) is 0 Å². The summed E-state index contributed by atoms with van der Waals surface area (Å²) in [5, 5.41) is 8.78. The summed E-state index contributed by atoms with van der Waals surface area (Å²) in [5.74, 6) is 0. The van der Waals surface area contributed by atoms with Crippen LogP contribution in [-0.4, -0.2) is 18.7 Å². The summed E-state index contributed by atoms with van der Waals surface area (Å²) in [4.78, 5) is 23.0. The molecule has 2 aromatic carbocycles. The number of benzene rings is 2. The highest BCUT2D eigenvalue weighted by molar-refractivity contribution is 6.30. The molecule has 0 radical (unpaired) electrons. The van der Waals surface area contributed by atoms with Crippen LogP contribution in [0.4, 0.5) is 15.3 Å². The molecule has 0 aliphatic carbocycles. The van der Waals surface area contributed by atoms with E-state index in [4.69, 9.17) is 16.3 Å². The molecular formula is C17H16ClN3O3. The maximum Gasteiger partial charge on any atom is 0.407 e. The van der Waals surface area contributed by atoms with E-state index in [-0.39, 0.29) is 12.1 Å². The number of rotatable bonds is 4. The Hall–Kier alpha value is -2.73. The van der Waals surface area contributed by atoms with Crippen molar-refractivity contribution in [3.63, 3.8) is 0 Å². The molecule has 0 aromatic heterocycles. The van der Waals surface area contributed by atoms with Gasteiger partial charge in [0.15, 0.2) is 0 Å². The summed E-state index contributed by atoms with van der Waals surface area (Å²) in [6.45, 7) is 0.859. The van der Waals surface area contributed by atoms with Gasteiger partial charge in [0.1, 0.15) is 6.10 Å². The smallest absolute Gasteiger partial charge is 0.407 e. The number of amides is 3.